The van der Waals surface area contributed by atoms with E-state index in [1.165, 1.54) is 0 Å². The average molecular weight is 340 g/mol. The van der Waals surface area contributed by atoms with Crippen molar-refractivity contribution in [1.29, 1.82) is 5.26 Å². The van der Waals surface area contributed by atoms with Crippen molar-refractivity contribution >= 4 is 5.69 Å². The minimum atomic E-state index is 0.219. The maximum Gasteiger partial charge on any atom is 0.187 e. The molecule has 4 heteroatoms. The molecule has 0 aliphatic rings. The molecule has 128 valence electrons. The van der Waals surface area contributed by atoms with Crippen LogP contribution >= 0.6 is 0 Å². The van der Waals surface area contributed by atoms with Crippen LogP contribution in [0.4, 0.5) is 5.69 Å². The lowest BCUT2D eigenvalue weighted by Crippen LogP contribution is -2.08. The zero-order valence-electron chi connectivity index (χ0n) is 15.2. The first-order chi connectivity index (χ1) is 12.6. The zero-order chi connectivity index (χ0) is 18.7. The molecular weight excluding hydrogens is 320 g/mol. The van der Waals surface area contributed by atoms with E-state index in [1.54, 1.807) is 18.3 Å². The highest BCUT2D eigenvalue weighted by atomic mass is 15.0. The number of nitriles is 1. The molecule has 4 nitrogen and oxygen atoms in total. The summed E-state index contributed by atoms with van der Waals surface area (Å²) in [5.74, 6) is 0.219. The number of hydrogen-bond donors (Lipinski definition) is 0. The molecule has 0 N–H and O–H groups in total. The summed E-state index contributed by atoms with van der Waals surface area (Å²) in [6.45, 7) is 14.1. The van der Waals surface area contributed by atoms with Crippen LogP contribution in [-0.2, 0) is 6.54 Å². The third kappa shape index (κ3) is 3.10. The predicted octanol–water partition coefficient (Wildman–Crippen LogP) is 5.45. The van der Waals surface area contributed by atoms with Crippen LogP contribution in [0.1, 0.15) is 42.3 Å². The molecular formula is C22H20N4. The van der Waals surface area contributed by atoms with Crippen molar-refractivity contribution in [1.82, 2.24) is 9.55 Å². The summed E-state index contributed by atoms with van der Waals surface area (Å²) in [7, 11) is 0. The van der Waals surface area contributed by atoms with E-state index < -0.39 is 0 Å². The van der Waals surface area contributed by atoms with Gasteiger partial charge in [-0.25, -0.2) is 4.85 Å². The maximum atomic E-state index is 9.89. The van der Waals surface area contributed by atoms with Crippen molar-refractivity contribution in [2.75, 3.05) is 0 Å². The molecule has 26 heavy (non-hydrogen) atoms. The first-order valence-electron chi connectivity index (χ1n) is 8.56. The lowest BCUT2D eigenvalue weighted by atomic mass is 9.98. The quantitative estimate of drug-likeness (QED) is 0.593. The highest BCUT2D eigenvalue weighted by Gasteiger charge is 2.23. The van der Waals surface area contributed by atoms with Crippen LogP contribution in [0.3, 0.4) is 0 Å². The average Bonchev–Trinajstić information content (AvgIpc) is 2.94. The fourth-order valence-corrected chi connectivity index (χ4v) is 3.41. The smallest absolute Gasteiger partial charge is 0.187 e. The van der Waals surface area contributed by atoms with Crippen molar-refractivity contribution in [2.24, 2.45) is 0 Å². The molecule has 3 rings (SSSR count). The van der Waals surface area contributed by atoms with Crippen LogP contribution in [0.5, 0.6) is 0 Å². The summed E-state index contributed by atoms with van der Waals surface area (Å²) in [6.07, 6.45) is 3.63. The normalized spacial score (nSPS) is 10.5. The van der Waals surface area contributed by atoms with E-state index >= 15 is 0 Å². The SMILES string of the molecule is [C-]#[N+]c1ccc(-c2c(C#N)c(C(C)C)n(Cc3cccnc3)c2C)cc1. The Morgan fingerprint density at radius 2 is 1.96 bits per heavy atom. The van der Waals surface area contributed by atoms with E-state index in [1.807, 2.05) is 30.5 Å². The molecule has 0 bridgehead atoms. The van der Waals surface area contributed by atoms with Gasteiger partial charge in [0.15, 0.2) is 5.69 Å². The van der Waals surface area contributed by atoms with E-state index in [0.29, 0.717) is 12.2 Å². The van der Waals surface area contributed by atoms with Gasteiger partial charge in [0.25, 0.3) is 0 Å². The number of nitrogens with zero attached hydrogens (tertiary/aromatic N) is 4. The van der Waals surface area contributed by atoms with E-state index in [9.17, 15) is 5.26 Å². The second-order valence-electron chi connectivity index (χ2n) is 6.59. The topological polar surface area (TPSA) is 46.0 Å². The molecule has 0 radical (unpaired) electrons. The van der Waals surface area contributed by atoms with Gasteiger partial charge < -0.3 is 4.57 Å². The number of rotatable bonds is 4. The van der Waals surface area contributed by atoms with Gasteiger partial charge in [0.1, 0.15) is 6.07 Å². The largest absolute Gasteiger partial charge is 0.342 e. The van der Waals surface area contributed by atoms with Gasteiger partial charge in [-0.05, 0) is 30.0 Å². The Bertz CT molecular complexity index is 998. The third-order valence-corrected chi connectivity index (χ3v) is 4.57. The van der Waals surface area contributed by atoms with Crippen LogP contribution in [0.15, 0.2) is 48.8 Å². The van der Waals surface area contributed by atoms with Gasteiger partial charge in [-0.15, -0.1) is 0 Å². The standard InChI is InChI=1S/C22H20N4/c1-15(2)22-20(12-23)21(18-7-9-19(24-4)10-8-18)16(3)26(22)14-17-6-5-11-25-13-17/h5-11,13,15H,14H2,1-3H3. The van der Waals surface area contributed by atoms with Gasteiger partial charge in [0.05, 0.1) is 12.1 Å². The fourth-order valence-electron chi connectivity index (χ4n) is 3.41. The summed E-state index contributed by atoms with van der Waals surface area (Å²) in [6, 6.07) is 13.9. The van der Waals surface area contributed by atoms with Gasteiger partial charge in [-0.2, -0.15) is 5.26 Å². The van der Waals surface area contributed by atoms with Crippen LogP contribution in [0.25, 0.3) is 16.0 Å². The van der Waals surface area contributed by atoms with Crippen LogP contribution in [0, 0.1) is 24.8 Å². The Morgan fingerprint density at radius 1 is 1.23 bits per heavy atom. The molecule has 0 fully saturated rings. The van der Waals surface area contributed by atoms with Crippen molar-refractivity contribution in [3.05, 3.63) is 82.7 Å². The first kappa shape index (κ1) is 17.5. The molecule has 0 unspecified atom stereocenters. The number of benzene rings is 1. The Labute approximate surface area is 154 Å². The molecule has 0 aliphatic heterocycles. The van der Waals surface area contributed by atoms with Crippen LogP contribution in [0.2, 0.25) is 0 Å². The van der Waals surface area contributed by atoms with E-state index in [0.717, 1.165) is 33.6 Å². The monoisotopic (exact) mass is 340 g/mol. The van der Waals surface area contributed by atoms with Gasteiger partial charge in [0.2, 0.25) is 0 Å². The third-order valence-electron chi connectivity index (χ3n) is 4.57. The van der Waals surface area contributed by atoms with Gasteiger partial charge >= 0.3 is 0 Å². The van der Waals surface area contributed by atoms with Crippen molar-refractivity contribution < 1.29 is 0 Å². The Hall–Kier alpha value is -3.37. The van der Waals surface area contributed by atoms with Crippen molar-refractivity contribution in [3.63, 3.8) is 0 Å². The minimum absolute atomic E-state index is 0.219. The van der Waals surface area contributed by atoms with Gasteiger partial charge in [-0.3, -0.25) is 4.98 Å². The Morgan fingerprint density at radius 3 is 2.50 bits per heavy atom. The van der Waals surface area contributed by atoms with E-state index in [4.69, 9.17) is 6.57 Å². The lowest BCUT2D eigenvalue weighted by Gasteiger charge is -2.14. The second-order valence-corrected chi connectivity index (χ2v) is 6.59. The van der Waals surface area contributed by atoms with Crippen LogP contribution in [-0.4, -0.2) is 9.55 Å². The summed E-state index contributed by atoms with van der Waals surface area (Å²) < 4.78 is 2.22. The van der Waals surface area contributed by atoms with Gasteiger partial charge in [-0.1, -0.05) is 44.2 Å². The minimum Gasteiger partial charge on any atom is -0.342 e. The highest BCUT2D eigenvalue weighted by Crippen LogP contribution is 2.36. The molecule has 1 aromatic carbocycles. The highest BCUT2D eigenvalue weighted by molar-refractivity contribution is 5.76. The molecule has 0 aliphatic carbocycles. The molecule has 0 saturated heterocycles. The van der Waals surface area contributed by atoms with E-state index in [-0.39, 0.29) is 5.92 Å². The lowest BCUT2D eigenvalue weighted by molar-refractivity contribution is 0.674. The van der Waals surface area contributed by atoms with Crippen molar-refractivity contribution in [2.45, 2.75) is 33.2 Å². The number of aromatic nitrogens is 2. The maximum absolute atomic E-state index is 9.89. The number of hydrogen-bond acceptors (Lipinski definition) is 2. The summed E-state index contributed by atoms with van der Waals surface area (Å²) in [5, 5.41) is 9.89. The van der Waals surface area contributed by atoms with Gasteiger partial charge in [0, 0.05) is 35.9 Å². The Balaban J connectivity index is 2.20. The van der Waals surface area contributed by atoms with E-state index in [2.05, 4.69) is 41.2 Å². The molecule has 0 spiro atoms. The molecule has 2 heterocycles. The summed E-state index contributed by atoms with van der Waals surface area (Å²) in [5.41, 5.74) is 6.45. The first-order valence-corrected chi connectivity index (χ1v) is 8.56. The number of pyridine rings is 1. The predicted molar refractivity (Wildman–Crippen MR) is 103 cm³/mol. The molecule has 3 aromatic rings. The zero-order valence-corrected chi connectivity index (χ0v) is 15.2. The molecule has 0 saturated carbocycles. The Kier molecular flexibility index (Phi) is 4.87. The van der Waals surface area contributed by atoms with Crippen LogP contribution < -0.4 is 0 Å². The molecule has 0 atom stereocenters. The van der Waals surface area contributed by atoms with Crippen molar-refractivity contribution in [3.8, 4) is 17.2 Å². The fraction of sp³-hybridized carbons (Fsp3) is 0.227. The molecule has 2 aromatic heterocycles. The summed E-state index contributed by atoms with van der Waals surface area (Å²) >= 11 is 0. The summed E-state index contributed by atoms with van der Waals surface area (Å²) in [4.78, 5) is 7.66. The molecule has 0 amide bonds. The second kappa shape index (κ2) is 7.25.